The maximum absolute atomic E-state index is 11.1. The molecule has 0 radical (unpaired) electrons. The van der Waals surface area contributed by atoms with Crippen LogP contribution >= 0.6 is 11.6 Å². The predicted molar refractivity (Wildman–Crippen MR) is 218 cm³/mol. The van der Waals surface area contributed by atoms with E-state index in [0.717, 1.165) is 49.1 Å². The lowest BCUT2D eigenvalue weighted by atomic mass is 9.76. The van der Waals surface area contributed by atoms with Gasteiger partial charge in [0.05, 0.1) is 0 Å². The zero-order chi connectivity index (χ0) is 36.7. The standard InChI is InChI=1S/C18H27NO.C16H18.C9H11Cl.C3H6/c1-6-18(11-12-20,13-15(2)3)14-19(5)17-9-7-16(4)8-10-17;1-14(16-10-6-3-7-11-16)12-13-15-8-4-2-5-9-15;1-3-8-5-4-7(2)6-9(8)10;1-3-2/h7-10,12H,2,6,11,13-14H2,1,3-5H3;2-11,14H,12-13H2,1H3;4-6H,3H2,1-2H3;3H,1H2,2H3. The van der Waals surface area contributed by atoms with E-state index in [1.807, 2.05) is 26.8 Å². The molecule has 2 atom stereocenters. The average molecular weight is 680 g/mol. The van der Waals surface area contributed by atoms with Gasteiger partial charge in [0.2, 0.25) is 0 Å². The highest BCUT2D eigenvalue weighted by Gasteiger charge is 2.29. The topological polar surface area (TPSA) is 20.3 Å². The third kappa shape index (κ3) is 17.4. The molecule has 0 amide bonds. The largest absolute Gasteiger partial charge is 0.374 e. The molecule has 2 unspecified atom stereocenters. The Labute approximate surface area is 304 Å². The number of carbonyl (C=O) groups excluding carboxylic acids is 1. The summed E-state index contributed by atoms with van der Waals surface area (Å²) in [6.45, 7) is 22.9. The molecule has 2 nitrogen and oxygen atoms in total. The predicted octanol–water partition coefficient (Wildman–Crippen LogP) is 13.2. The van der Waals surface area contributed by atoms with Gasteiger partial charge in [0.25, 0.3) is 0 Å². The Bertz CT molecular complexity index is 1480. The highest BCUT2D eigenvalue weighted by molar-refractivity contribution is 6.31. The number of anilines is 1. The van der Waals surface area contributed by atoms with Crippen LogP contribution in [0.5, 0.6) is 0 Å². The summed E-state index contributed by atoms with van der Waals surface area (Å²) >= 11 is 5.93. The summed E-state index contributed by atoms with van der Waals surface area (Å²) in [6, 6.07) is 36.2. The SMILES string of the molecule is C=C(C)CC(CC)(CC=O)CN(C)c1ccc(C)cc1.C=CC.CC(CCc1ccccc1)c1ccccc1.CCc1ccc(C)cc1Cl. The first-order valence-electron chi connectivity index (χ1n) is 17.7. The lowest BCUT2D eigenvalue weighted by Crippen LogP contribution is -2.36. The molecule has 0 aliphatic heterocycles. The van der Waals surface area contributed by atoms with Gasteiger partial charge in [-0.25, -0.2) is 0 Å². The van der Waals surface area contributed by atoms with Crippen molar-refractivity contribution < 1.29 is 4.79 Å². The summed E-state index contributed by atoms with van der Waals surface area (Å²) in [4.78, 5) is 13.3. The van der Waals surface area contributed by atoms with Crippen molar-refractivity contribution in [2.75, 3.05) is 18.5 Å². The molecule has 264 valence electrons. The molecule has 0 saturated carbocycles. The fraction of sp³-hybridized carbons (Fsp3) is 0.370. The van der Waals surface area contributed by atoms with Crippen LogP contribution in [-0.2, 0) is 17.6 Å². The third-order valence-corrected chi connectivity index (χ3v) is 9.01. The molecule has 4 rings (SSSR count). The summed E-state index contributed by atoms with van der Waals surface area (Å²) < 4.78 is 0. The lowest BCUT2D eigenvalue weighted by molar-refractivity contribution is -0.109. The quantitative estimate of drug-likeness (QED) is 0.103. The Kier molecular flexibility index (Phi) is 21.4. The molecule has 0 aromatic heterocycles. The molecule has 0 N–H and O–H groups in total. The first-order valence-corrected chi connectivity index (χ1v) is 18.1. The maximum Gasteiger partial charge on any atom is 0.120 e. The smallest absolute Gasteiger partial charge is 0.120 e. The van der Waals surface area contributed by atoms with Gasteiger partial charge in [0.1, 0.15) is 6.29 Å². The number of aldehydes is 1. The van der Waals surface area contributed by atoms with Crippen molar-refractivity contribution in [3.63, 3.8) is 0 Å². The normalized spacial score (nSPS) is 11.9. The molecule has 3 heteroatoms. The van der Waals surface area contributed by atoms with Crippen molar-refractivity contribution in [1.82, 2.24) is 0 Å². The fourth-order valence-electron chi connectivity index (χ4n) is 5.70. The Morgan fingerprint density at radius 3 is 1.94 bits per heavy atom. The molecule has 0 spiro atoms. The van der Waals surface area contributed by atoms with Crippen LogP contribution in [0.2, 0.25) is 5.02 Å². The number of nitrogens with zero attached hydrogens (tertiary/aromatic N) is 1. The van der Waals surface area contributed by atoms with E-state index in [-0.39, 0.29) is 5.41 Å². The van der Waals surface area contributed by atoms with E-state index in [2.05, 4.69) is 150 Å². The van der Waals surface area contributed by atoms with Gasteiger partial charge in [-0.05, 0) is 112 Å². The Hall–Kier alpha value is -3.88. The number of hydrogen-bond acceptors (Lipinski definition) is 2. The minimum Gasteiger partial charge on any atom is -0.374 e. The number of hydrogen-bond donors (Lipinski definition) is 0. The Morgan fingerprint density at radius 1 is 0.898 bits per heavy atom. The summed E-state index contributed by atoms with van der Waals surface area (Å²) in [6.07, 6.45) is 8.67. The first-order chi connectivity index (χ1) is 23.4. The molecule has 0 aliphatic carbocycles. The first kappa shape index (κ1) is 43.1. The van der Waals surface area contributed by atoms with Crippen molar-refractivity contribution in [3.05, 3.63) is 161 Å². The summed E-state index contributed by atoms with van der Waals surface area (Å²) in [5.74, 6) is 0.640. The van der Waals surface area contributed by atoms with Gasteiger partial charge in [-0.15, -0.1) is 13.2 Å². The second-order valence-electron chi connectivity index (χ2n) is 13.2. The van der Waals surface area contributed by atoms with Crippen LogP contribution in [0.3, 0.4) is 0 Å². The maximum atomic E-state index is 11.1. The fourth-order valence-corrected chi connectivity index (χ4v) is 6.07. The molecule has 0 aliphatic rings. The van der Waals surface area contributed by atoms with Crippen LogP contribution in [-0.4, -0.2) is 19.9 Å². The molecular weight excluding hydrogens is 618 g/mol. The van der Waals surface area contributed by atoms with Crippen molar-refractivity contribution in [3.8, 4) is 0 Å². The summed E-state index contributed by atoms with van der Waals surface area (Å²) in [5, 5.41) is 0.891. The van der Waals surface area contributed by atoms with Gasteiger partial charge in [0, 0.05) is 30.7 Å². The Morgan fingerprint density at radius 2 is 1.45 bits per heavy atom. The van der Waals surface area contributed by atoms with Crippen LogP contribution in [0.1, 0.15) is 94.0 Å². The molecule has 0 saturated heterocycles. The van der Waals surface area contributed by atoms with Gasteiger partial charge in [-0.1, -0.05) is 135 Å². The molecule has 0 bridgehead atoms. The number of benzene rings is 4. The van der Waals surface area contributed by atoms with Gasteiger partial charge < -0.3 is 9.69 Å². The number of carbonyl (C=O) groups is 1. The van der Waals surface area contributed by atoms with E-state index in [9.17, 15) is 4.79 Å². The van der Waals surface area contributed by atoms with E-state index < -0.39 is 0 Å². The van der Waals surface area contributed by atoms with E-state index >= 15 is 0 Å². The summed E-state index contributed by atoms with van der Waals surface area (Å²) in [5.41, 5.74) is 8.93. The minimum absolute atomic E-state index is 0.00673. The van der Waals surface area contributed by atoms with Crippen molar-refractivity contribution >= 4 is 23.6 Å². The number of rotatable bonds is 13. The molecule has 4 aromatic rings. The van der Waals surface area contributed by atoms with E-state index in [0.29, 0.717) is 12.3 Å². The van der Waals surface area contributed by atoms with Gasteiger partial charge >= 0.3 is 0 Å². The second-order valence-corrected chi connectivity index (χ2v) is 13.6. The van der Waals surface area contributed by atoms with E-state index in [1.54, 1.807) is 6.08 Å². The zero-order valence-electron chi connectivity index (χ0n) is 31.6. The number of halogens is 1. The van der Waals surface area contributed by atoms with Crippen molar-refractivity contribution in [2.45, 2.75) is 92.9 Å². The van der Waals surface area contributed by atoms with Crippen LogP contribution in [0.25, 0.3) is 0 Å². The van der Waals surface area contributed by atoms with Crippen LogP contribution in [0, 0.1) is 19.3 Å². The Balaban J connectivity index is 0.000000369. The molecule has 0 heterocycles. The third-order valence-electron chi connectivity index (χ3n) is 8.66. The highest BCUT2D eigenvalue weighted by atomic mass is 35.5. The zero-order valence-corrected chi connectivity index (χ0v) is 32.4. The van der Waals surface area contributed by atoms with Crippen LogP contribution in [0.15, 0.2) is 128 Å². The van der Waals surface area contributed by atoms with Crippen LogP contribution < -0.4 is 4.90 Å². The number of allylic oxidation sites excluding steroid dienone is 2. The second kappa shape index (κ2) is 24.3. The van der Waals surface area contributed by atoms with E-state index in [4.69, 9.17) is 11.6 Å². The number of aryl methyl sites for hydroxylation is 4. The average Bonchev–Trinajstić information content (AvgIpc) is 3.09. The molecular formula is C46H62ClNO. The van der Waals surface area contributed by atoms with Crippen molar-refractivity contribution in [2.24, 2.45) is 5.41 Å². The van der Waals surface area contributed by atoms with E-state index in [1.165, 1.54) is 39.9 Å². The lowest BCUT2D eigenvalue weighted by Gasteiger charge is -2.36. The molecule has 0 fully saturated rings. The minimum atomic E-state index is -0.00673. The van der Waals surface area contributed by atoms with Crippen molar-refractivity contribution in [1.29, 1.82) is 0 Å². The van der Waals surface area contributed by atoms with Gasteiger partial charge in [0.15, 0.2) is 0 Å². The molecule has 4 aromatic carbocycles. The van der Waals surface area contributed by atoms with Gasteiger partial charge in [-0.3, -0.25) is 0 Å². The van der Waals surface area contributed by atoms with Gasteiger partial charge in [-0.2, -0.15) is 0 Å². The van der Waals surface area contributed by atoms with Crippen LogP contribution in [0.4, 0.5) is 5.69 Å². The molecule has 49 heavy (non-hydrogen) atoms. The summed E-state index contributed by atoms with van der Waals surface area (Å²) in [7, 11) is 2.10. The monoisotopic (exact) mass is 679 g/mol. The highest BCUT2D eigenvalue weighted by Crippen LogP contribution is 2.35.